The maximum Gasteiger partial charge on any atom is 0.234 e. The summed E-state index contributed by atoms with van der Waals surface area (Å²) in [5.74, 6) is 1.62. The standard InChI is InChI=1S/C21H23N3O3S/c1-3-26-17-11-9-16(10-12-17)24-14-13-22-21(24)28-15-20(25)23-18-7-5-6-8-19(18)27-4-2/h5-14H,3-4,15H2,1-2H3,(H,23,25). The molecule has 0 bridgehead atoms. The Labute approximate surface area is 168 Å². The van der Waals surface area contributed by atoms with E-state index in [9.17, 15) is 4.79 Å². The number of hydrogen-bond donors (Lipinski definition) is 1. The lowest BCUT2D eigenvalue weighted by atomic mass is 10.3. The van der Waals surface area contributed by atoms with Crippen LogP contribution in [0.1, 0.15) is 13.8 Å². The predicted octanol–water partition coefficient (Wildman–Crippen LogP) is 4.40. The Bertz CT molecular complexity index is 909. The summed E-state index contributed by atoms with van der Waals surface area (Å²) in [6, 6.07) is 15.2. The van der Waals surface area contributed by atoms with Crippen molar-refractivity contribution in [2.75, 3.05) is 24.3 Å². The number of benzene rings is 2. The summed E-state index contributed by atoms with van der Waals surface area (Å²) in [5.41, 5.74) is 1.63. The molecule has 0 fully saturated rings. The number of nitrogens with zero attached hydrogens (tertiary/aromatic N) is 2. The molecule has 0 saturated heterocycles. The smallest absolute Gasteiger partial charge is 0.234 e. The van der Waals surface area contributed by atoms with E-state index in [4.69, 9.17) is 9.47 Å². The average Bonchev–Trinajstić information content (AvgIpc) is 3.18. The Morgan fingerprint density at radius 2 is 1.82 bits per heavy atom. The molecule has 0 saturated carbocycles. The number of thioether (sulfide) groups is 1. The molecular weight excluding hydrogens is 374 g/mol. The number of carbonyl (C=O) groups is 1. The number of ether oxygens (including phenoxy) is 2. The molecule has 146 valence electrons. The van der Waals surface area contributed by atoms with E-state index >= 15 is 0 Å². The molecule has 1 heterocycles. The number of anilines is 1. The molecule has 1 amide bonds. The normalized spacial score (nSPS) is 10.5. The summed E-state index contributed by atoms with van der Waals surface area (Å²) in [6.07, 6.45) is 3.60. The van der Waals surface area contributed by atoms with Crippen molar-refractivity contribution < 1.29 is 14.3 Å². The van der Waals surface area contributed by atoms with Crippen LogP contribution in [0.3, 0.4) is 0 Å². The minimum Gasteiger partial charge on any atom is -0.494 e. The van der Waals surface area contributed by atoms with E-state index in [1.165, 1.54) is 11.8 Å². The molecule has 0 spiro atoms. The van der Waals surface area contributed by atoms with Crippen LogP contribution in [0.4, 0.5) is 5.69 Å². The molecular formula is C21H23N3O3S. The van der Waals surface area contributed by atoms with E-state index in [2.05, 4.69) is 10.3 Å². The lowest BCUT2D eigenvalue weighted by Crippen LogP contribution is -2.15. The molecule has 0 aliphatic rings. The van der Waals surface area contributed by atoms with Gasteiger partial charge in [-0.05, 0) is 50.2 Å². The quantitative estimate of drug-likeness (QED) is 0.542. The number of aromatic nitrogens is 2. The molecule has 0 aliphatic carbocycles. The van der Waals surface area contributed by atoms with Crippen LogP contribution in [0.5, 0.6) is 11.5 Å². The largest absolute Gasteiger partial charge is 0.494 e. The SMILES string of the molecule is CCOc1ccc(-n2ccnc2SCC(=O)Nc2ccccc2OCC)cc1. The van der Waals surface area contributed by atoms with Crippen LogP contribution in [0.25, 0.3) is 5.69 Å². The van der Waals surface area contributed by atoms with Crippen molar-refractivity contribution >= 4 is 23.4 Å². The van der Waals surface area contributed by atoms with Gasteiger partial charge in [-0.2, -0.15) is 0 Å². The Kier molecular flexibility index (Phi) is 6.97. The van der Waals surface area contributed by atoms with Crippen LogP contribution < -0.4 is 14.8 Å². The third-order valence-electron chi connectivity index (χ3n) is 3.83. The fourth-order valence-corrected chi connectivity index (χ4v) is 3.40. The van der Waals surface area contributed by atoms with Crippen LogP contribution in [0, 0.1) is 0 Å². The van der Waals surface area contributed by atoms with E-state index in [0.717, 1.165) is 16.6 Å². The fourth-order valence-electron chi connectivity index (χ4n) is 2.63. The lowest BCUT2D eigenvalue weighted by Gasteiger charge is -2.11. The van der Waals surface area contributed by atoms with E-state index in [1.807, 2.05) is 73.1 Å². The molecule has 6 nitrogen and oxygen atoms in total. The molecule has 28 heavy (non-hydrogen) atoms. The number of hydrogen-bond acceptors (Lipinski definition) is 5. The molecule has 0 atom stereocenters. The highest BCUT2D eigenvalue weighted by molar-refractivity contribution is 7.99. The molecule has 1 aromatic heterocycles. The first-order chi connectivity index (χ1) is 13.7. The van der Waals surface area contributed by atoms with Gasteiger partial charge in [0, 0.05) is 18.1 Å². The number of nitrogens with one attached hydrogen (secondary N) is 1. The highest BCUT2D eigenvalue weighted by Gasteiger charge is 2.11. The first-order valence-electron chi connectivity index (χ1n) is 9.12. The van der Waals surface area contributed by atoms with Gasteiger partial charge >= 0.3 is 0 Å². The Morgan fingerprint density at radius 3 is 2.57 bits per heavy atom. The second-order valence-electron chi connectivity index (χ2n) is 5.77. The zero-order valence-corrected chi connectivity index (χ0v) is 16.7. The van der Waals surface area contributed by atoms with Gasteiger partial charge in [0.05, 0.1) is 24.7 Å². The molecule has 3 aromatic rings. The summed E-state index contributed by atoms with van der Waals surface area (Å²) in [5, 5.41) is 3.65. The number of rotatable bonds is 9. The topological polar surface area (TPSA) is 65.4 Å². The van der Waals surface area contributed by atoms with Gasteiger partial charge in [-0.1, -0.05) is 23.9 Å². The summed E-state index contributed by atoms with van der Waals surface area (Å²) in [6.45, 7) is 5.04. The van der Waals surface area contributed by atoms with E-state index in [1.54, 1.807) is 6.20 Å². The molecule has 0 aliphatic heterocycles. The first kappa shape index (κ1) is 19.8. The van der Waals surface area contributed by atoms with Crippen LogP contribution in [-0.2, 0) is 4.79 Å². The molecule has 3 rings (SSSR count). The van der Waals surface area contributed by atoms with Gasteiger partial charge in [0.25, 0.3) is 0 Å². The molecule has 0 radical (unpaired) electrons. The van der Waals surface area contributed by atoms with E-state index in [0.29, 0.717) is 24.7 Å². The van der Waals surface area contributed by atoms with Crippen molar-refractivity contribution in [3.8, 4) is 17.2 Å². The minimum atomic E-state index is -0.113. The van der Waals surface area contributed by atoms with E-state index in [-0.39, 0.29) is 11.7 Å². The number of carbonyl (C=O) groups excluding carboxylic acids is 1. The minimum absolute atomic E-state index is 0.113. The zero-order chi connectivity index (χ0) is 19.8. The van der Waals surface area contributed by atoms with Crippen molar-refractivity contribution in [2.24, 2.45) is 0 Å². The number of imidazole rings is 1. The third kappa shape index (κ3) is 5.07. The molecule has 7 heteroatoms. The van der Waals surface area contributed by atoms with Crippen molar-refractivity contribution in [3.63, 3.8) is 0 Å². The van der Waals surface area contributed by atoms with Crippen LogP contribution >= 0.6 is 11.8 Å². The van der Waals surface area contributed by atoms with Gasteiger partial charge in [-0.25, -0.2) is 4.98 Å². The van der Waals surface area contributed by atoms with E-state index < -0.39 is 0 Å². The highest BCUT2D eigenvalue weighted by Crippen LogP contribution is 2.25. The van der Waals surface area contributed by atoms with Gasteiger partial charge in [0.15, 0.2) is 5.16 Å². The zero-order valence-electron chi connectivity index (χ0n) is 15.9. The Hall–Kier alpha value is -2.93. The monoisotopic (exact) mass is 397 g/mol. The van der Waals surface area contributed by atoms with Crippen LogP contribution in [-0.4, -0.2) is 34.4 Å². The predicted molar refractivity (Wildman–Crippen MR) is 112 cm³/mol. The van der Waals surface area contributed by atoms with Gasteiger partial charge in [0.1, 0.15) is 11.5 Å². The second-order valence-corrected chi connectivity index (χ2v) is 6.72. The average molecular weight is 398 g/mol. The second kappa shape index (κ2) is 9.85. The van der Waals surface area contributed by atoms with Gasteiger partial charge in [-0.3, -0.25) is 9.36 Å². The maximum atomic E-state index is 12.4. The van der Waals surface area contributed by atoms with Crippen molar-refractivity contribution in [3.05, 3.63) is 60.9 Å². The maximum absolute atomic E-state index is 12.4. The summed E-state index contributed by atoms with van der Waals surface area (Å²) in [4.78, 5) is 16.8. The highest BCUT2D eigenvalue weighted by atomic mass is 32.2. The Morgan fingerprint density at radius 1 is 1.07 bits per heavy atom. The first-order valence-corrected chi connectivity index (χ1v) is 10.1. The van der Waals surface area contributed by atoms with Crippen LogP contribution in [0.15, 0.2) is 66.1 Å². The molecule has 1 N–H and O–H groups in total. The van der Waals surface area contributed by atoms with Gasteiger partial charge in [0.2, 0.25) is 5.91 Å². The van der Waals surface area contributed by atoms with Gasteiger partial charge < -0.3 is 14.8 Å². The number of amides is 1. The summed E-state index contributed by atoms with van der Waals surface area (Å²) < 4.78 is 13.0. The number of para-hydroxylation sites is 2. The Balaban J connectivity index is 1.63. The fraction of sp³-hybridized carbons (Fsp3) is 0.238. The van der Waals surface area contributed by atoms with Crippen molar-refractivity contribution in [1.29, 1.82) is 0 Å². The van der Waals surface area contributed by atoms with Crippen molar-refractivity contribution in [1.82, 2.24) is 9.55 Å². The molecule has 0 unspecified atom stereocenters. The third-order valence-corrected chi connectivity index (χ3v) is 4.79. The van der Waals surface area contributed by atoms with Crippen molar-refractivity contribution in [2.45, 2.75) is 19.0 Å². The lowest BCUT2D eigenvalue weighted by molar-refractivity contribution is -0.113. The van der Waals surface area contributed by atoms with Crippen LogP contribution in [0.2, 0.25) is 0 Å². The van der Waals surface area contributed by atoms with Gasteiger partial charge in [-0.15, -0.1) is 0 Å². The summed E-state index contributed by atoms with van der Waals surface area (Å²) in [7, 11) is 0. The summed E-state index contributed by atoms with van der Waals surface area (Å²) >= 11 is 1.38. The molecule has 2 aromatic carbocycles.